The highest BCUT2D eigenvalue weighted by atomic mass is 19.3. The first-order chi connectivity index (χ1) is 7.65. The fraction of sp³-hybridized carbons (Fsp3) is 0.111. The zero-order valence-electron chi connectivity index (χ0n) is 8.10. The summed E-state index contributed by atoms with van der Waals surface area (Å²) in [5.41, 5.74) is 0.670. The van der Waals surface area contributed by atoms with Gasteiger partial charge in [-0.05, 0) is 24.3 Å². The van der Waals surface area contributed by atoms with Crippen molar-refractivity contribution in [3.05, 3.63) is 36.9 Å². The van der Waals surface area contributed by atoms with Gasteiger partial charge >= 0.3 is 6.61 Å². The van der Waals surface area contributed by atoms with Gasteiger partial charge < -0.3 is 4.74 Å². The Morgan fingerprint density at radius 3 is 2.44 bits per heavy atom. The van der Waals surface area contributed by atoms with Crippen LogP contribution in [0.15, 0.2) is 39.7 Å². The number of nitrogens with one attached hydrogen (secondary N) is 1. The first-order valence-electron chi connectivity index (χ1n) is 4.40. The lowest BCUT2D eigenvalue weighted by Gasteiger charge is -2.03. The molecule has 0 amide bonds. The monoisotopic (exact) mass is 226 g/mol. The smallest absolute Gasteiger partial charge is 0.387 e. The van der Waals surface area contributed by atoms with Crippen LogP contribution in [-0.4, -0.2) is 12.4 Å². The van der Waals surface area contributed by atoms with Crippen LogP contribution in [0.1, 0.15) is 5.56 Å². The summed E-state index contributed by atoms with van der Waals surface area (Å²) in [7, 11) is 3.52. The van der Waals surface area contributed by atoms with Crippen molar-refractivity contribution in [3.63, 3.8) is 0 Å². The lowest BCUT2D eigenvalue weighted by molar-refractivity contribution is -0.868. The van der Waals surface area contributed by atoms with Crippen LogP contribution >= 0.6 is 0 Å². The molecule has 1 unspecified atom stereocenters. The quantitative estimate of drug-likeness (QED) is 0.768. The van der Waals surface area contributed by atoms with E-state index in [1.165, 1.54) is 12.1 Å². The summed E-state index contributed by atoms with van der Waals surface area (Å²) in [6.45, 7) is -2.82. The van der Waals surface area contributed by atoms with Crippen molar-refractivity contribution < 1.29 is 18.6 Å². The lowest BCUT2D eigenvalue weighted by Crippen LogP contribution is -2.95. The molecule has 1 aliphatic rings. The van der Waals surface area contributed by atoms with Crippen molar-refractivity contribution in [1.29, 1.82) is 0 Å². The summed E-state index contributed by atoms with van der Waals surface area (Å²) in [5, 5.41) is 11.7. The molecule has 0 fully saturated rings. The highest BCUT2D eigenvalue weighted by Crippen LogP contribution is 2.15. The third kappa shape index (κ3) is 2.37. The first kappa shape index (κ1) is 10.6. The van der Waals surface area contributed by atoms with Crippen LogP contribution in [0.4, 0.5) is 8.78 Å². The summed E-state index contributed by atoms with van der Waals surface area (Å²) in [6, 6.07) is 5.99. The minimum Gasteiger partial charge on any atom is -0.435 e. The molecule has 0 saturated heterocycles. The molecule has 0 saturated carbocycles. The molecular weight excluding hydrogens is 218 g/mol. The van der Waals surface area contributed by atoms with Gasteiger partial charge in [0.15, 0.2) is 0 Å². The van der Waals surface area contributed by atoms with Crippen LogP contribution in [0.25, 0.3) is 0 Å². The predicted octanol–water partition coefficient (Wildman–Crippen LogP) is 1.01. The molecule has 1 aromatic rings. The maximum atomic E-state index is 11.9. The van der Waals surface area contributed by atoms with E-state index < -0.39 is 6.61 Å². The van der Waals surface area contributed by atoms with E-state index in [1.807, 2.05) is 0 Å². The molecule has 0 aliphatic carbocycles. The second kappa shape index (κ2) is 4.31. The van der Waals surface area contributed by atoms with Gasteiger partial charge in [0, 0.05) is 10.8 Å². The molecule has 1 aromatic carbocycles. The fourth-order valence-electron chi connectivity index (χ4n) is 1.18. The van der Waals surface area contributed by atoms with E-state index in [4.69, 9.17) is 0 Å². The van der Waals surface area contributed by atoms with Gasteiger partial charge in [0.25, 0.3) is 0 Å². The lowest BCUT2D eigenvalue weighted by atomic mass is 10.2. The topological polar surface area (TPSA) is 50.8 Å². The number of hydrogen-bond acceptors (Lipinski definition) is 4. The number of halogens is 2. The maximum absolute atomic E-state index is 11.9. The van der Waals surface area contributed by atoms with Gasteiger partial charge in [-0.25, -0.2) is 0 Å². The van der Waals surface area contributed by atoms with Crippen molar-refractivity contribution in [2.75, 3.05) is 0 Å². The molecule has 1 aliphatic heterocycles. The number of nitrogens with zero attached hydrogens (tertiary/aromatic N) is 3. The standard InChI is InChI=1S/C9H8F2N4O/c1-15-13-8(12-14-15)6-2-4-7(5-3-6)16-9(10)11/h2-5,9,15H,1H2. The SMILES string of the molecule is [CH2-][NH+]1N=NC(c2ccc(OC(F)F)cc2)=N1. The number of benzene rings is 1. The minimum absolute atomic E-state index is 0.0908. The Morgan fingerprint density at radius 1 is 1.25 bits per heavy atom. The number of hydrogen-bond donors (Lipinski definition) is 1. The molecule has 1 N–H and O–H groups in total. The van der Waals surface area contributed by atoms with Gasteiger partial charge in [-0.2, -0.15) is 13.9 Å². The van der Waals surface area contributed by atoms with E-state index in [1.54, 1.807) is 12.1 Å². The van der Waals surface area contributed by atoms with Crippen molar-refractivity contribution in [3.8, 4) is 5.75 Å². The van der Waals surface area contributed by atoms with Crippen LogP contribution in [0.3, 0.4) is 0 Å². The van der Waals surface area contributed by atoms with Crippen LogP contribution in [0.2, 0.25) is 0 Å². The third-order valence-electron chi connectivity index (χ3n) is 1.83. The molecule has 0 bridgehead atoms. The van der Waals surface area contributed by atoms with Gasteiger partial charge in [0.05, 0.1) is 0 Å². The Bertz CT molecular complexity index is 430. The van der Waals surface area contributed by atoms with Gasteiger partial charge in [-0.3, -0.25) is 0 Å². The van der Waals surface area contributed by atoms with E-state index in [-0.39, 0.29) is 5.75 Å². The van der Waals surface area contributed by atoms with E-state index >= 15 is 0 Å². The van der Waals surface area contributed by atoms with Crippen molar-refractivity contribution in [1.82, 2.24) is 0 Å². The highest BCUT2D eigenvalue weighted by molar-refractivity contribution is 5.99. The van der Waals surface area contributed by atoms with E-state index in [0.717, 1.165) is 0 Å². The summed E-state index contributed by atoms with van der Waals surface area (Å²) in [5.74, 6) is 0.502. The van der Waals surface area contributed by atoms with Crippen LogP contribution in [0, 0.1) is 7.05 Å². The Labute approximate surface area is 90.0 Å². The number of rotatable bonds is 3. The summed E-state index contributed by atoms with van der Waals surface area (Å²) >= 11 is 0. The molecule has 0 radical (unpaired) electrons. The Hall–Kier alpha value is -1.89. The number of amidine groups is 1. The minimum atomic E-state index is -2.82. The Kier molecular flexibility index (Phi) is 2.86. The average Bonchev–Trinajstić information content (AvgIpc) is 2.65. The summed E-state index contributed by atoms with van der Waals surface area (Å²) in [6.07, 6.45) is 0. The van der Waals surface area contributed by atoms with E-state index in [9.17, 15) is 8.78 Å². The molecule has 1 heterocycles. The number of quaternary nitrogens is 1. The van der Waals surface area contributed by atoms with E-state index in [0.29, 0.717) is 16.5 Å². The van der Waals surface area contributed by atoms with Crippen molar-refractivity contribution in [2.24, 2.45) is 15.4 Å². The average molecular weight is 226 g/mol. The molecule has 0 spiro atoms. The third-order valence-corrected chi connectivity index (χ3v) is 1.83. The molecular formula is C9H8F2N4O. The van der Waals surface area contributed by atoms with Gasteiger partial charge in [-0.1, -0.05) is 17.3 Å². The number of alkyl halides is 2. The maximum Gasteiger partial charge on any atom is 0.387 e. The number of ether oxygens (including phenoxy) is 1. The van der Waals surface area contributed by atoms with Crippen LogP contribution in [-0.2, 0) is 0 Å². The van der Waals surface area contributed by atoms with Crippen LogP contribution < -0.4 is 9.85 Å². The largest absolute Gasteiger partial charge is 0.435 e. The second-order valence-corrected chi connectivity index (χ2v) is 2.95. The van der Waals surface area contributed by atoms with Gasteiger partial charge in [0.1, 0.15) is 5.75 Å². The zero-order chi connectivity index (χ0) is 11.5. The Morgan fingerprint density at radius 2 is 1.94 bits per heavy atom. The molecule has 7 heteroatoms. The fourth-order valence-corrected chi connectivity index (χ4v) is 1.18. The molecule has 0 aromatic heterocycles. The molecule has 1 atom stereocenters. The predicted molar refractivity (Wildman–Crippen MR) is 50.8 cm³/mol. The summed E-state index contributed by atoms with van der Waals surface area (Å²) in [4.78, 5) is 0. The highest BCUT2D eigenvalue weighted by Gasteiger charge is 2.12. The second-order valence-electron chi connectivity index (χ2n) is 2.95. The molecule has 2 rings (SSSR count). The van der Waals surface area contributed by atoms with Gasteiger partial charge in [-0.15, -0.1) is 0 Å². The van der Waals surface area contributed by atoms with Gasteiger partial charge in [0.2, 0.25) is 5.84 Å². The van der Waals surface area contributed by atoms with Crippen molar-refractivity contribution >= 4 is 5.84 Å². The summed E-state index contributed by atoms with van der Waals surface area (Å²) < 4.78 is 28.0. The van der Waals surface area contributed by atoms with E-state index in [2.05, 4.69) is 27.2 Å². The molecule has 84 valence electrons. The molecule has 5 nitrogen and oxygen atoms in total. The van der Waals surface area contributed by atoms with Crippen LogP contribution in [0.5, 0.6) is 5.75 Å². The molecule has 16 heavy (non-hydrogen) atoms. The Balaban J connectivity index is 2.14. The normalized spacial score (nSPS) is 19.0. The first-order valence-corrected chi connectivity index (χ1v) is 4.40. The zero-order valence-corrected chi connectivity index (χ0v) is 8.10. The van der Waals surface area contributed by atoms with Crippen molar-refractivity contribution in [2.45, 2.75) is 6.61 Å².